The third-order valence-corrected chi connectivity index (χ3v) is 3.50. The average molecular weight is 374 g/mol. The largest absolute Gasteiger partial charge is 0.488 e. The molecule has 0 atom stereocenters. The summed E-state index contributed by atoms with van der Waals surface area (Å²) in [6, 6.07) is 5.39. The van der Waals surface area contributed by atoms with Crippen molar-refractivity contribution in [3.05, 3.63) is 40.8 Å². The fourth-order valence-electron chi connectivity index (χ4n) is 2.55. The summed E-state index contributed by atoms with van der Waals surface area (Å²) in [6.07, 6.45) is 5.71. The van der Waals surface area contributed by atoms with Gasteiger partial charge in [0.25, 0.3) is 0 Å². The van der Waals surface area contributed by atoms with Gasteiger partial charge in [-0.3, -0.25) is 0 Å². The van der Waals surface area contributed by atoms with Gasteiger partial charge >= 0.3 is 5.63 Å². The van der Waals surface area contributed by atoms with E-state index in [1.165, 1.54) is 0 Å². The van der Waals surface area contributed by atoms with Gasteiger partial charge in [-0.1, -0.05) is 19.1 Å². The van der Waals surface area contributed by atoms with Gasteiger partial charge in [0, 0.05) is 6.07 Å². The summed E-state index contributed by atoms with van der Waals surface area (Å²) in [5, 5.41) is 0.686. The molecule has 0 unspecified atom stereocenters. The molecule has 1 aromatic heterocycles. The van der Waals surface area contributed by atoms with E-state index >= 15 is 0 Å². The number of rotatable bonds is 8. The fourth-order valence-corrected chi connectivity index (χ4v) is 2.55. The van der Waals surface area contributed by atoms with Gasteiger partial charge in [-0.25, -0.2) is 4.79 Å². The van der Waals surface area contributed by atoms with E-state index in [9.17, 15) is 4.79 Å². The zero-order chi connectivity index (χ0) is 20.0. The highest BCUT2D eigenvalue weighted by molar-refractivity contribution is 5.86. The normalized spacial score (nSPS) is 12.1. The molecule has 148 valence electrons. The van der Waals surface area contributed by atoms with E-state index in [1.54, 1.807) is 6.07 Å². The molecule has 0 spiro atoms. The Balaban J connectivity index is 2.45. The van der Waals surface area contributed by atoms with Gasteiger partial charge < -0.3 is 18.6 Å². The Kier molecular flexibility index (Phi) is 6.94. The molecule has 0 aliphatic carbocycles. The van der Waals surface area contributed by atoms with Gasteiger partial charge in [0.15, 0.2) is 5.75 Å². The molecule has 0 fully saturated rings. The van der Waals surface area contributed by atoms with E-state index in [4.69, 9.17) is 18.6 Å². The lowest BCUT2D eigenvalue weighted by Crippen LogP contribution is -2.22. The van der Waals surface area contributed by atoms with Crippen LogP contribution in [0.3, 0.4) is 0 Å². The molecule has 0 bridgehead atoms. The molecule has 2 aromatic rings. The van der Waals surface area contributed by atoms with E-state index < -0.39 is 5.63 Å². The summed E-state index contributed by atoms with van der Waals surface area (Å²) < 4.78 is 23.0. The van der Waals surface area contributed by atoms with Crippen molar-refractivity contribution in [2.24, 2.45) is 0 Å². The quantitative estimate of drug-likeness (QED) is 0.347. The summed E-state index contributed by atoms with van der Waals surface area (Å²) in [5.41, 5.74) is -0.486. The van der Waals surface area contributed by atoms with E-state index in [0.717, 1.165) is 12.8 Å². The average Bonchev–Trinajstić information content (AvgIpc) is 2.55. The first-order chi connectivity index (χ1) is 12.7. The molecule has 27 heavy (non-hydrogen) atoms. The molecule has 0 N–H and O–H groups in total. The van der Waals surface area contributed by atoms with E-state index in [0.29, 0.717) is 29.1 Å². The molecule has 5 nitrogen and oxygen atoms in total. The number of hydrogen-bond donors (Lipinski definition) is 0. The van der Waals surface area contributed by atoms with Crippen molar-refractivity contribution < 1.29 is 18.6 Å². The Morgan fingerprint density at radius 1 is 1.15 bits per heavy atom. The zero-order valence-electron chi connectivity index (χ0n) is 17.1. The van der Waals surface area contributed by atoms with Crippen LogP contribution in [0.4, 0.5) is 0 Å². The van der Waals surface area contributed by atoms with Crippen LogP contribution < -0.4 is 19.8 Å². The van der Waals surface area contributed by atoms with Gasteiger partial charge in [0.2, 0.25) is 5.75 Å². The van der Waals surface area contributed by atoms with Gasteiger partial charge in [-0.05, 0) is 59.6 Å². The maximum Gasteiger partial charge on any atom is 0.383 e. The maximum atomic E-state index is 12.5. The number of ether oxygens (including phenoxy) is 3. The van der Waals surface area contributed by atoms with Crippen LogP contribution in [-0.2, 0) is 0 Å². The molecular weight excluding hydrogens is 344 g/mol. The molecule has 0 amide bonds. The van der Waals surface area contributed by atoms with E-state index in [2.05, 4.69) is 19.1 Å². The van der Waals surface area contributed by atoms with Crippen molar-refractivity contribution in [2.45, 2.75) is 66.1 Å². The minimum atomic E-state index is -0.553. The summed E-state index contributed by atoms with van der Waals surface area (Å²) >= 11 is 0. The van der Waals surface area contributed by atoms with Crippen molar-refractivity contribution in [3.63, 3.8) is 0 Å². The van der Waals surface area contributed by atoms with Crippen molar-refractivity contribution in [1.29, 1.82) is 0 Å². The molecule has 1 aromatic carbocycles. The number of benzene rings is 1. The van der Waals surface area contributed by atoms with Crippen LogP contribution in [-0.4, -0.2) is 18.3 Å². The predicted molar refractivity (Wildman–Crippen MR) is 108 cm³/mol. The molecule has 0 aliphatic heterocycles. The highest BCUT2D eigenvalue weighted by Gasteiger charge is 2.20. The van der Waals surface area contributed by atoms with Crippen LogP contribution in [0, 0.1) is 0 Å². The molecule has 0 saturated heterocycles. The lowest BCUT2D eigenvalue weighted by Gasteiger charge is -2.21. The molecule has 2 rings (SSSR count). The van der Waals surface area contributed by atoms with E-state index in [1.807, 2.05) is 46.8 Å². The van der Waals surface area contributed by atoms with Crippen molar-refractivity contribution in [3.8, 4) is 17.2 Å². The monoisotopic (exact) mass is 374 g/mol. The van der Waals surface area contributed by atoms with Gasteiger partial charge in [-0.2, -0.15) is 0 Å². The van der Waals surface area contributed by atoms with E-state index in [-0.39, 0.29) is 17.5 Å². The number of allylic oxidation sites excluding steroid dienone is 1. The Labute approximate surface area is 160 Å². The smallest absolute Gasteiger partial charge is 0.383 e. The lowest BCUT2D eigenvalue weighted by atomic mass is 10.1. The molecular formula is C22H30O5. The van der Waals surface area contributed by atoms with Crippen LogP contribution in [0.5, 0.6) is 17.2 Å². The van der Waals surface area contributed by atoms with Crippen molar-refractivity contribution in [2.75, 3.05) is 6.61 Å². The summed E-state index contributed by atoms with van der Waals surface area (Å²) in [7, 11) is 0. The van der Waals surface area contributed by atoms with Crippen LogP contribution >= 0.6 is 0 Å². The minimum Gasteiger partial charge on any atom is -0.488 e. The fraction of sp³-hybridized carbons (Fsp3) is 0.500. The molecule has 0 aliphatic rings. The summed E-state index contributed by atoms with van der Waals surface area (Å²) in [4.78, 5) is 12.5. The summed E-state index contributed by atoms with van der Waals surface area (Å²) in [6.45, 7) is 12.1. The SMILES string of the molecule is CC/C=C/CCOc1c(OC(C)C)c(=O)oc2cc(OC(C)(C)C)ccc12. The first-order valence-electron chi connectivity index (χ1n) is 9.45. The molecule has 5 heteroatoms. The second kappa shape index (κ2) is 8.98. The zero-order valence-corrected chi connectivity index (χ0v) is 17.1. The van der Waals surface area contributed by atoms with Crippen LogP contribution in [0.25, 0.3) is 11.0 Å². The van der Waals surface area contributed by atoms with Crippen molar-refractivity contribution in [1.82, 2.24) is 0 Å². The highest BCUT2D eigenvalue weighted by atomic mass is 16.5. The van der Waals surface area contributed by atoms with Crippen LogP contribution in [0.1, 0.15) is 54.4 Å². The third-order valence-electron chi connectivity index (χ3n) is 3.50. The highest BCUT2D eigenvalue weighted by Crippen LogP contribution is 2.35. The topological polar surface area (TPSA) is 57.9 Å². The van der Waals surface area contributed by atoms with Crippen LogP contribution in [0.2, 0.25) is 0 Å². The lowest BCUT2D eigenvalue weighted by molar-refractivity contribution is 0.131. The second-order valence-corrected chi connectivity index (χ2v) is 7.60. The Morgan fingerprint density at radius 3 is 2.52 bits per heavy atom. The first kappa shape index (κ1) is 20.9. The number of hydrogen-bond acceptors (Lipinski definition) is 5. The van der Waals surface area contributed by atoms with Crippen LogP contribution in [0.15, 0.2) is 39.6 Å². The molecule has 0 radical (unpaired) electrons. The second-order valence-electron chi connectivity index (χ2n) is 7.60. The Bertz CT molecular complexity index is 840. The van der Waals surface area contributed by atoms with Gasteiger partial charge in [0.05, 0.1) is 18.1 Å². The van der Waals surface area contributed by atoms with Crippen molar-refractivity contribution >= 4 is 11.0 Å². The third kappa shape index (κ3) is 6.05. The Hall–Kier alpha value is -2.43. The Morgan fingerprint density at radius 2 is 1.89 bits per heavy atom. The van der Waals surface area contributed by atoms with Gasteiger partial charge in [0.1, 0.15) is 16.9 Å². The maximum absolute atomic E-state index is 12.5. The number of fused-ring (bicyclic) bond motifs is 1. The molecule has 0 saturated carbocycles. The molecule has 1 heterocycles. The van der Waals surface area contributed by atoms with Gasteiger partial charge in [-0.15, -0.1) is 0 Å². The minimum absolute atomic E-state index is 0.112. The summed E-state index contributed by atoms with van der Waals surface area (Å²) in [5.74, 6) is 1.16. The first-order valence-corrected chi connectivity index (χ1v) is 9.45. The predicted octanol–water partition coefficient (Wildman–Crippen LogP) is 5.49. The standard InChI is InChI=1S/C22H30O5/c1-7-8-9-10-13-24-19-17-12-11-16(27-22(4,5)6)14-18(17)26-21(23)20(19)25-15(2)3/h8-9,11-12,14-15H,7,10,13H2,1-6H3/b9-8+.